The molecule has 1 aromatic carbocycles. The van der Waals surface area contributed by atoms with Gasteiger partial charge in [-0.3, -0.25) is 9.89 Å². The molecule has 2 rings (SSSR count). The number of nitrogens with one attached hydrogen (secondary N) is 2. The molecule has 0 saturated carbocycles. The van der Waals surface area contributed by atoms with Gasteiger partial charge in [0.2, 0.25) is 0 Å². The van der Waals surface area contributed by atoms with E-state index in [0.29, 0.717) is 17.7 Å². The summed E-state index contributed by atoms with van der Waals surface area (Å²) >= 11 is 0. The van der Waals surface area contributed by atoms with Crippen molar-refractivity contribution in [1.82, 2.24) is 15.5 Å². The molecular weight excluding hydrogens is 301 g/mol. The Hall–Kier alpha value is -2.70. The van der Waals surface area contributed by atoms with E-state index in [0.717, 1.165) is 0 Å². The number of benzene rings is 1. The number of amides is 1. The molecule has 0 radical (unpaired) electrons. The predicted molar refractivity (Wildman–Crippen MR) is 82.3 cm³/mol. The number of hydrogen-bond donors (Lipinski definition) is 3. The summed E-state index contributed by atoms with van der Waals surface area (Å²) in [5.41, 5.74) is 1.28. The quantitative estimate of drug-likeness (QED) is 0.762. The molecule has 1 unspecified atom stereocenters. The second-order valence-corrected chi connectivity index (χ2v) is 5.67. The number of carboxylic acid groups (broad SMARTS) is 1. The number of aromatic amines is 1. The highest BCUT2D eigenvalue weighted by Crippen LogP contribution is 2.18. The van der Waals surface area contributed by atoms with Crippen LogP contribution in [0.4, 0.5) is 4.39 Å². The standard InChI is InChI=1S/C16H18FN3O3/c1-9(2)7-14(16(22)23)18-15(21)13-8-12(19-20-13)10-3-5-11(17)6-4-10/h3-6,8-9,14H,7H2,1-2H3,(H,18,21)(H,19,20)(H,22,23). The minimum atomic E-state index is -1.08. The first-order chi connectivity index (χ1) is 10.9. The average molecular weight is 319 g/mol. The molecule has 0 saturated heterocycles. The molecule has 0 bridgehead atoms. The molecule has 1 amide bonds. The zero-order valence-electron chi connectivity index (χ0n) is 12.8. The predicted octanol–water partition coefficient (Wildman–Crippen LogP) is 2.44. The topological polar surface area (TPSA) is 95.1 Å². The van der Waals surface area contributed by atoms with Crippen LogP contribution in [0.2, 0.25) is 0 Å². The third-order valence-electron chi connectivity index (χ3n) is 3.27. The van der Waals surface area contributed by atoms with E-state index in [1.165, 1.54) is 18.2 Å². The van der Waals surface area contributed by atoms with Crippen molar-refractivity contribution in [3.8, 4) is 11.3 Å². The first-order valence-electron chi connectivity index (χ1n) is 7.22. The van der Waals surface area contributed by atoms with Crippen LogP contribution in [0.25, 0.3) is 11.3 Å². The Morgan fingerprint density at radius 2 is 1.96 bits per heavy atom. The fourth-order valence-electron chi connectivity index (χ4n) is 2.14. The maximum Gasteiger partial charge on any atom is 0.326 e. The molecule has 2 aromatic rings. The molecule has 1 heterocycles. The Bertz CT molecular complexity index is 695. The van der Waals surface area contributed by atoms with Crippen LogP contribution in [0.15, 0.2) is 30.3 Å². The van der Waals surface area contributed by atoms with Crippen molar-refractivity contribution in [3.05, 3.63) is 41.8 Å². The number of aromatic nitrogens is 2. The van der Waals surface area contributed by atoms with Gasteiger partial charge in [-0.15, -0.1) is 0 Å². The maximum absolute atomic E-state index is 12.9. The van der Waals surface area contributed by atoms with Gasteiger partial charge in [-0.25, -0.2) is 9.18 Å². The van der Waals surface area contributed by atoms with Gasteiger partial charge >= 0.3 is 5.97 Å². The lowest BCUT2D eigenvalue weighted by Crippen LogP contribution is -2.41. The molecule has 0 aliphatic rings. The first-order valence-corrected chi connectivity index (χ1v) is 7.22. The SMILES string of the molecule is CC(C)CC(NC(=O)c1cc(-c2ccc(F)cc2)n[nH]1)C(=O)O. The van der Waals surface area contributed by atoms with Crippen LogP contribution in [-0.2, 0) is 4.79 Å². The van der Waals surface area contributed by atoms with E-state index in [2.05, 4.69) is 15.5 Å². The minimum Gasteiger partial charge on any atom is -0.480 e. The minimum absolute atomic E-state index is 0.132. The lowest BCUT2D eigenvalue weighted by Gasteiger charge is -2.15. The van der Waals surface area contributed by atoms with Gasteiger partial charge < -0.3 is 10.4 Å². The van der Waals surface area contributed by atoms with Crippen LogP contribution in [0.5, 0.6) is 0 Å². The van der Waals surface area contributed by atoms with E-state index in [-0.39, 0.29) is 17.4 Å². The largest absolute Gasteiger partial charge is 0.480 e. The van der Waals surface area contributed by atoms with Crippen LogP contribution >= 0.6 is 0 Å². The molecular formula is C16H18FN3O3. The van der Waals surface area contributed by atoms with Gasteiger partial charge in [0.1, 0.15) is 17.6 Å². The molecule has 3 N–H and O–H groups in total. The van der Waals surface area contributed by atoms with E-state index < -0.39 is 17.9 Å². The van der Waals surface area contributed by atoms with E-state index in [1.54, 1.807) is 12.1 Å². The molecule has 0 aliphatic carbocycles. The molecule has 23 heavy (non-hydrogen) atoms. The molecule has 1 aromatic heterocycles. The second kappa shape index (κ2) is 7.04. The molecule has 0 spiro atoms. The summed E-state index contributed by atoms with van der Waals surface area (Å²) in [4.78, 5) is 23.3. The lowest BCUT2D eigenvalue weighted by atomic mass is 10.0. The Balaban J connectivity index is 2.11. The summed E-state index contributed by atoms with van der Waals surface area (Å²) < 4.78 is 12.9. The molecule has 0 aliphatic heterocycles. The van der Waals surface area contributed by atoms with E-state index in [1.807, 2.05) is 13.8 Å². The highest BCUT2D eigenvalue weighted by molar-refractivity contribution is 5.95. The number of aliphatic carboxylic acids is 1. The van der Waals surface area contributed by atoms with E-state index >= 15 is 0 Å². The van der Waals surface area contributed by atoms with Gasteiger partial charge in [-0.1, -0.05) is 13.8 Å². The molecule has 7 heteroatoms. The fourth-order valence-corrected chi connectivity index (χ4v) is 2.14. The fraction of sp³-hybridized carbons (Fsp3) is 0.312. The van der Waals surface area contributed by atoms with Crippen molar-refractivity contribution in [1.29, 1.82) is 0 Å². The van der Waals surface area contributed by atoms with Crippen LogP contribution in [0, 0.1) is 11.7 Å². The molecule has 122 valence electrons. The van der Waals surface area contributed by atoms with Crippen molar-refractivity contribution in [3.63, 3.8) is 0 Å². The number of carbonyl (C=O) groups excluding carboxylic acids is 1. The van der Waals surface area contributed by atoms with Crippen molar-refractivity contribution >= 4 is 11.9 Å². The molecule has 6 nitrogen and oxygen atoms in total. The number of carbonyl (C=O) groups is 2. The Kier molecular flexibility index (Phi) is 5.10. The van der Waals surface area contributed by atoms with Gasteiger partial charge in [0.25, 0.3) is 5.91 Å². The summed E-state index contributed by atoms with van der Waals surface area (Å²) in [6.07, 6.45) is 0.333. The molecule has 0 fully saturated rings. The number of nitrogens with zero attached hydrogens (tertiary/aromatic N) is 1. The number of hydrogen-bond acceptors (Lipinski definition) is 3. The van der Waals surface area contributed by atoms with Gasteiger partial charge in [-0.2, -0.15) is 5.10 Å². The first kappa shape index (κ1) is 16.7. The number of rotatable bonds is 6. The zero-order valence-corrected chi connectivity index (χ0v) is 12.8. The Morgan fingerprint density at radius 1 is 1.30 bits per heavy atom. The summed E-state index contributed by atoms with van der Waals surface area (Å²) in [6, 6.07) is 6.23. The summed E-state index contributed by atoms with van der Waals surface area (Å²) in [6.45, 7) is 3.76. The van der Waals surface area contributed by atoms with Crippen LogP contribution in [0.1, 0.15) is 30.8 Å². The second-order valence-electron chi connectivity index (χ2n) is 5.67. The normalized spacial score (nSPS) is 12.2. The van der Waals surface area contributed by atoms with Gasteiger partial charge in [-0.05, 0) is 42.7 Å². The van der Waals surface area contributed by atoms with Crippen molar-refractivity contribution in [2.45, 2.75) is 26.3 Å². The van der Waals surface area contributed by atoms with Crippen LogP contribution in [-0.4, -0.2) is 33.2 Å². The third kappa shape index (κ3) is 4.38. The van der Waals surface area contributed by atoms with Crippen LogP contribution < -0.4 is 5.32 Å². The zero-order chi connectivity index (χ0) is 17.0. The Labute approximate surface area is 132 Å². The van der Waals surface area contributed by atoms with Crippen molar-refractivity contribution < 1.29 is 19.1 Å². The highest BCUT2D eigenvalue weighted by Gasteiger charge is 2.22. The van der Waals surface area contributed by atoms with Crippen molar-refractivity contribution in [2.24, 2.45) is 5.92 Å². The number of H-pyrrole nitrogens is 1. The average Bonchev–Trinajstić information content (AvgIpc) is 2.96. The summed E-state index contributed by atoms with van der Waals surface area (Å²) in [7, 11) is 0. The van der Waals surface area contributed by atoms with Gasteiger partial charge in [0.15, 0.2) is 0 Å². The summed E-state index contributed by atoms with van der Waals surface area (Å²) in [5.74, 6) is -1.85. The van der Waals surface area contributed by atoms with E-state index in [9.17, 15) is 14.0 Å². The van der Waals surface area contributed by atoms with Gasteiger partial charge in [0.05, 0.1) is 5.69 Å². The lowest BCUT2D eigenvalue weighted by molar-refractivity contribution is -0.139. The number of carboxylic acids is 1. The van der Waals surface area contributed by atoms with Crippen LogP contribution in [0.3, 0.4) is 0 Å². The smallest absolute Gasteiger partial charge is 0.326 e. The van der Waals surface area contributed by atoms with E-state index in [4.69, 9.17) is 5.11 Å². The van der Waals surface area contributed by atoms with Crippen molar-refractivity contribution in [2.75, 3.05) is 0 Å². The monoisotopic (exact) mass is 319 g/mol. The molecule has 1 atom stereocenters. The highest BCUT2D eigenvalue weighted by atomic mass is 19.1. The third-order valence-corrected chi connectivity index (χ3v) is 3.27. The number of halogens is 1. The summed E-state index contributed by atoms with van der Waals surface area (Å²) in [5, 5.41) is 18.2. The maximum atomic E-state index is 12.9. The Morgan fingerprint density at radius 3 is 2.52 bits per heavy atom. The van der Waals surface area contributed by atoms with Gasteiger partial charge in [0, 0.05) is 5.56 Å².